The van der Waals surface area contributed by atoms with Crippen LogP contribution in [0.15, 0.2) is 6.07 Å². The molecule has 1 N–H and O–H groups in total. The Kier molecular flexibility index (Phi) is 4.14. The van der Waals surface area contributed by atoms with E-state index in [1.807, 2.05) is 18.8 Å². The fraction of sp³-hybridized carbons (Fsp3) is 0.727. The third kappa shape index (κ3) is 2.84. The van der Waals surface area contributed by atoms with Gasteiger partial charge < -0.3 is 5.32 Å². The van der Waals surface area contributed by atoms with Crippen LogP contribution >= 0.6 is 0 Å². The fourth-order valence-electron chi connectivity index (χ4n) is 1.71. The summed E-state index contributed by atoms with van der Waals surface area (Å²) in [6, 6.07) is 2.21. The molecule has 1 aromatic rings. The lowest BCUT2D eigenvalue weighted by Crippen LogP contribution is -2.19. The average Bonchev–Trinajstić information content (AvgIpc) is 2.48. The number of hydrogen-bond donors (Lipinski definition) is 1. The zero-order chi connectivity index (χ0) is 10.6. The summed E-state index contributed by atoms with van der Waals surface area (Å²) in [5, 5.41) is 7.64. The van der Waals surface area contributed by atoms with Crippen LogP contribution in [0, 0.1) is 5.92 Å². The van der Waals surface area contributed by atoms with E-state index < -0.39 is 0 Å². The monoisotopic (exact) mass is 195 g/mol. The van der Waals surface area contributed by atoms with E-state index in [-0.39, 0.29) is 0 Å². The first-order chi connectivity index (χ1) is 6.67. The van der Waals surface area contributed by atoms with Gasteiger partial charge in [-0.05, 0) is 38.4 Å². The van der Waals surface area contributed by atoms with Gasteiger partial charge in [0.2, 0.25) is 0 Å². The molecule has 3 heteroatoms. The summed E-state index contributed by atoms with van der Waals surface area (Å²) in [5.41, 5.74) is 2.53. The largest absolute Gasteiger partial charge is 0.319 e. The Hall–Kier alpha value is -0.830. The quantitative estimate of drug-likeness (QED) is 0.769. The van der Waals surface area contributed by atoms with E-state index in [2.05, 4.69) is 30.3 Å². The van der Waals surface area contributed by atoms with Crippen molar-refractivity contribution in [2.45, 2.75) is 26.7 Å². The second kappa shape index (κ2) is 5.15. The number of aromatic nitrogens is 2. The molecular weight excluding hydrogens is 174 g/mol. The van der Waals surface area contributed by atoms with Gasteiger partial charge in [-0.2, -0.15) is 5.10 Å². The standard InChI is InChI=1S/C11H21N3/c1-5-10-7-11(14(4)13-10)6-9(2)8-12-3/h7,9,12H,5-6,8H2,1-4H3. The molecule has 0 spiro atoms. The van der Waals surface area contributed by atoms with E-state index in [4.69, 9.17) is 0 Å². The van der Waals surface area contributed by atoms with Crippen LogP contribution in [0.2, 0.25) is 0 Å². The number of aryl methyl sites for hydroxylation is 2. The zero-order valence-electron chi connectivity index (χ0n) is 9.67. The summed E-state index contributed by atoms with van der Waals surface area (Å²) in [7, 11) is 4.03. The summed E-state index contributed by atoms with van der Waals surface area (Å²) in [6.07, 6.45) is 2.12. The Bertz CT molecular complexity index is 278. The molecule has 0 aliphatic heterocycles. The lowest BCUT2D eigenvalue weighted by Gasteiger charge is -2.09. The molecule has 1 unspecified atom stereocenters. The molecule has 1 heterocycles. The minimum Gasteiger partial charge on any atom is -0.319 e. The van der Waals surface area contributed by atoms with Gasteiger partial charge in [0.25, 0.3) is 0 Å². The van der Waals surface area contributed by atoms with E-state index in [0.29, 0.717) is 5.92 Å². The van der Waals surface area contributed by atoms with Gasteiger partial charge in [-0.25, -0.2) is 0 Å². The van der Waals surface area contributed by atoms with Gasteiger partial charge in [0.1, 0.15) is 0 Å². The van der Waals surface area contributed by atoms with Gasteiger partial charge in [0.15, 0.2) is 0 Å². The number of nitrogens with zero attached hydrogens (tertiary/aromatic N) is 2. The van der Waals surface area contributed by atoms with Gasteiger partial charge in [-0.1, -0.05) is 13.8 Å². The topological polar surface area (TPSA) is 29.9 Å². The van der Waals surface area contributed by atoms with Gasteiger partial charge in [0.05, 0.1) is 5.69 Å². The molecule has 1 rings (SSSR count). The van der Waals surface area contributed by atoms with Crippen molar-refractivity contribution in [1.29, 1.82) is 0 Å². The maximum Gasteiger partial charge on any atom is 0.0624 e. The second-order valence-corrected chi connectivity index (χ2v) is 3.97. The maximum atomic E-state index is 4.44. The first-order valence-electron chi connectivity index (χ1n) is 5.33. The predicted molar refractivity (Wildman–Crippen MR) is 59.4 cm³/mol. The molecule has 0 aliphatic rings. The molecule has 0 saturated heterocycles. The molecule has 1 aromatic heterocycles. The molecule has 0 amide bonds. The van der Waals surface area contributed by atoms with Crippen molar-refractivity contribution in [3.63, 3.8) is 0 Å². The van der Waals surface area contributed by atoms with Gasteiger partial charge >= 0.3 is 0 Å². The van der Waals surface area contributed by atoms with Crippen molar-refractivity contribution in [2.24, 2.45) is 13.0 Å². The Labute approximate surface area is 86.5 Å². The third-order valence-electron chi connectivity index (χ3n) is 2.50. The molecule has 0 fully saturated rings. The Morgan fingerprint density at radius 2 is 2.29 bits per heavy atom. The van der Waals surface area contributed by atoms with Crippen molar-refractivity contribution in [3.05, 3.63) is 17.5 Å². The van der Waals surface area contributed by atoms with Crippen molar-refractivity contribution in [3.8, 4) is 0 Å². The summed E-state index contributed by atoms with van der Waals surface area (Å²) >= 11 is 0. The summed E-state index contributed by atoms with van der Waals surface area (Å²) < 4.78 is 2.00. The molecule has 0 aliphatic carbocycles. The minimum absolute atomic E-state index is 0.667. The van der Waals surface area contributed by atoms with Gasteiger partial charge in [0, 0.05) is 12.7 Å². The van der Waals surface area contributed by atoms with Crippen LogP contribution in [-0.2, 0) is 19.9 Å². The minimum atomic E-state index is 0.667. The SMILES string of the molecule is CCc1cc(CC(C)CNC)n(C)n1. The first kappa shape index (κ1) is 11.2. The Morgan fingerprint density at radius 3 is 2.79 bits per heavy atom. The van der Waals surface area contributed by atoms with Crippen LogP contribution in [-0.4, -0.2) is 23.4 Å². The molecule has 0 bridgehead atoms. The van der Waals surface area contributed by atoms with Crippen molar-refractivity contribution >= 4 is 0 Å². The van der Waals surface area contributed by atoms with E-state index in [0.717, 1.165) is 19.4 Å². The normalized spacial score (nSPS) is 13.1. The fourth-order valence-corrected chi connectivity index (χ4v) is 1.71. The van der Waals surface area contributed by atoms with E-state index in [1.54, 1.807) is 0 Å². The average molecular weight is 195 g/mol. The Morgan fingerprint density at radius 1 is 1.57 bits per heavy atom. The third-order valence-corrected chi connectivity index (χ3v) is 2.50. The lowest BCUT2D eigenvalue weighted by atomic mass is 10.1. The molecule has 80 valence electrons. The summed E-state index contributed by atoms with van der Waals surface area (Å²) in [6.45, 7) is 5.46. The number of hydrogen-bond acceptors (Lipinski definition) is 2. The van der Waals surface area contributed by atoms with Crippen LogP contribution in [0.5, 0.6) is 0 Å². The van der Waals surface area contributed by atoms with Crippen molar-refractivity contribution in [2.75, 3.05) is 13.6 Å². The van der Waals surface area contributed by atoms with Crippen LogP contribution < -0.4 is 5.32 Å². The second-order valence-electron chi connectivity index (χ2n) is 3.97. The molecule has 0 saturated carbocycles. The van der Waals surface area contributed by atoms with Crippen molar-refractivity contribution < 1.29 is 0 Å². The molecule has 14 heavy (non-hydrogen) atoms. The molecular formula is C11H21N3. The highest BCUT2D eigenvalue weighted by atomic mass is 15.3. The summed E-state index contributed by atoms with van der Waals surface area (Å²) in [4.78, 5) is 0. The number of nitrogens with one attached hydrogen (secondary N) is 1. The predicted octanol–water partition coefficient (Wildman–Crippen LogP) is 1.38. The van der Waals surface area contributed by atoms with Gasteiger partial charge in [-0.3, -0.25) is 4.68 Å². The summed E-state index contributed by atoms with van der Waals surface area (Å²) in [5.74, 6) is 0.667. The van der Waals surface area contributed by atoms with E-state index in [1.165, 1.54) is 11.4 Å². The highest BCUT2D eigenvalue weighted by Crippen LogP contribution is 2.09. The van der Waals surface area contributed by atoms with E-state index in [9.17, 15) is 0 Å². The highest BCUT2D eigenvalue weighted by molar-refractivity contribution is 5.10. The molecule has 1 atom stereocenters. The van der Waals surface area contributed by atoms with Crippen LogP contribution in [0.4, 0.5) is 0 Å². The highest BCUT2D eigenvalue weighted by Gasteiger charge is 2.07. The van der Waals surface area contributed by atoms with Crippen LogP contribution in [0.3, 0.4) is 0 Å². The first-order valence-corrected chi connectivity index (χ1v) is 5.33. The number of rotatable bonds is 5. The van der Waals surface area contributed by atoms with Crippen LogP contribution in [0.1, 0.15) is 25.2 Å². The molecule has 0 aromatic carbocycles. The Balaban J connectivity index is 2.61. The van der Waals surface area contributed by atoms with Gasteiger partial charge in [-0.15, -0.1) is 0 Å². The van der Waals surface area contributed by atoms with E-state index >= 15 is 0 Å². The smallest absolute Gasteiger partial charge is 0.0624 e. The van der Waals surface area contributed by atoms with Crippen LogP contribution in [0.25, 0.3) is 0 Å². The maximum absolute atomic E-state index is 4.44. The van der Waals surface area contributed by atoms with Crippen molar-refractivity contribution in [1.82, 2.24) is 15.1 Å². The lowest BCUT2D eigenvalue weighted by molar-refractivity contribution is 0.520. The molecule has 0 radical (unpaired) electrons. The zero-order valence-corrected chi connectivity index (χ0v) is 9.67. The molecule has 3 nitrogen and oxygen atoms in total.